The third kappa shape index (κ3) is 4.59. The predicted molar refractivity (Wildman–Crippen MR) is 127 cm³/mol. The molecule has 3 N–H and O–H groups in total. The zero-order chi connectivity index (χ0) is 21.8. The van der Waals surface area contributed by atoms with Gasteiger partial charge in [0.15, 0.2) is 0 Å². The molecule has 4 rings (SSSR count). The van der Waals surface area contributed by atoms with Crippen molar-refractivity contribution in [1.82, 2.24) is 5.32 Å². The van der Waals surface area contributed by atoms with Gasteiger partial charge in [0, 0.05) is 12.5 Å². The molecule has 3 aromatic carbocycles. The Labute approximate surface area is 187 Å². The van der Waals surface area contributed by atoms with Gasteiger partial charge in [0.05, 0.1) is 10.7 Å². The van der Waals surface area contributed by atoms with Crippen molar-refractivity contribution >= 4 is 29.5 Å². The summed E-state index contributed by atoms with van der Waals surface area (Å²) >= 11 is 6.12. The molecular formula is C26H25ClN2O2. The third-order valence-electron chi connectivity index (χ3n) is 5.59. The maximum absolute atomic E-state index is 12.2. The SMILES string of the molecule is Cc1cc(C=CCCNC(=O)OCC2c3ccccc3-c3ccccc32)cc(Cl)c1N. The van der Waals surface area contributed by atoms with Crippen LogP contribution >= 0.6 is 11.6 Å². The van der Waals surface area contributed by atoms with E-state index in [4.69, 9.17) is 22.1 Å². The first-order valence-electron chi connectivity index (χ1n) is 10.4. The number of aryl methyl sites for hydroxylation is 1. The maximum atomic E-state index is 12.2. The fourth-order valence-electron chi connectivity index (χ4n) is 4.00. The van der Waals surface area contributed by atoms with Crippen LogP contribution in [0.4, 0.5) is 10.5 Å². The Balaban J connectivity index is 1.28. The van der Waals surface area contributed by atoms with Crippen LogP contribution in [0.15, 0.2) is 66.7 Å². The van der Waals surface area contributed by atoms with Crippen LogP contribution in [-0.4, -0.2) is 19.2 Å². The van der Waals surface area contributed by atoms with Gasteiger partial charge in [-0.2, -0.15) is 0 Å². The van der Waals surface area contributed by atoms with E-state index in [1.165, 1.54) is 22.3 Å². The molecule has 0 heterocycles. The summed E-state index contributed by atoms with van der Waals surface area (Å²) in [5.74, 6) is 0.0663. The van der Waals surface area contributed by atoms with Gasteiger partial charge in [-0.05, 0) is 58.9 Å². The van der Waals surface area contributed by atoms with Crippen LogP contribution < -0.4 is 11.1 Å². The van der Waals surface area contributed by atoms with E-state index >= 15 is 0 Å². The van der Waals surface area contributed by atoms with E-state index in [1.54, 1.807) is 0 Å². The van der Waals surface area contributed by atoms with Crippen molar-refractivity contribution in [2.24, 2.45) is 0 Å². The molecule has 158 valence electrons. The lowest BCUT2D eigenvalue weighted by atomic mass is 9.98. The number of nitrogens with two attached hydrogens (primary N) is 1. The van der Waals surface area contributed by atoms with Crippen LogP contribution in [0.2, 0.25) is 5.02 Å². The molecule has 1 aliphatic carbocycles. The lowest BCUT2D eigenvalue weighted by Crippen LogP contribution is -2.26. The number of fused-ring (bicyclic) bond motifs is 3. The molecule has 4 nitrogen and oxygen atoms in total. The number of ether oxygens (including phenoxy) is 1. The minimum atomic E-state index is -0.401. The zero-order valence-electron chi connectivity index (χ0n) is 17.4. The summed E-state index contributed by atoms with van der Waals surface area (Å²) in [5.41, 5.74) is 13.3. The number of rotatable bonds is 6. The van der Waals surface area contributed by atoms with Crippen molar-refractivity contribution < 1.29 is 9.53 Å². The van der Waals surface area contributed by atoms with Crippen LogP contribution in [0.1, 0.15) is 34.6 Å². The lowest BCUT2D eigenvalue weighted by Gasteiger charge is -2.14. The molecule has 0 saturated carbocycles. The van der Waals surface area contributed by atoms with Crippen molar-refractivity contribution in [3.8, 4) is 11.1 Å². The summed E-state index contributed by atoms with van der Waals surface area (Å²) in [6, 6.07) is 20.4. The molecule has 0 fully saturated rings. The standard InChI is InChI=1S/C26H25ClN2O2/c1-17-14-18(15-24(27)25(17)28)8-6-7-13-29-26(30)31-16-23-21-11-4-2-9-19(21)20-10-3-5-12-22(20)23/h2-6,8-12,14-15,23H,7,13,16,28H2,1H3,(H,29,30). The first-order chi connectivity index (χ1) is 15.0. The normalized spacial score (nSPS) is 12.6. The Morgan fingerprint density at radius 2 is 1.74 bits per heavy atom. The number of anilines is 1. The average Bonchev–Trinajstić information content (AvgIpc) is 3.09. The van der Waals surface area contributed by atoms with Crippen molar-refractivity contribution in [3.63, 3.8) is 0 Å². The second-order valence-corrected chi connectivity index (χ2v) is 8.08. The van der Waals surface area contributed by atoms with E-state index in [2.05, 4.69) is 29.6 Å². The molecule has 1 amide bonds. The monoisotopic (exact) mass is 432 g/mol. The second-order valence-electron chi connectivity index (χ2n) is 7.68. The highest BCUT2D eigenvalue weighted by molar-refractivity contribution is 6.33. The summed E-state index contributed by atoms with van der Waals surface area (Å²) in [6.07, 6.45) is 4.25. The fraction of sp³-hybridized carbons (Fsp3) is 0.192. The molecule has 0 radical (unpaired) electrons. The van der Waals surface area contributed by atoms with Crippen LogP contribution in [0, 0.1) is 6.92 Å². The van der Waals surface area contributed by atoms with Gasteiger partial charge in [0.2, 0.25) is 0 Å². The fourth-order valence-corrected chi connectivity index (χ4v) is 4.28. The first-order valence-corrected chi connectivity index (χ1v) is 10.7. The van der Waals surface area contributed by atoms with Crippen LogP contribution in [0.3, 0.4) is 0 Å². The molecule has 0 aromatic heterocycles. The molecule has 1 aliphatic rings. The Morgan fingerprint density at radius 1 is 1.10 bits per heavy atom. The number of alkyl carbamates (subject to hydrolysis) is 1. The van der Waals surface area contributed by atoms with E-state index < -0.39 is 6.09 Å². The Kier molecular flexibility index (Phi) is 6.28. The quantitative estimate of drug-likeness (QED) is 0.361. The number of hydrogen-bond donors (Lipinski definition) is 2. The maximum Gasteiger partial charge on any atom is 0.407 e. The van der Waals surface area contributed by atoms with Gasteiger partial charge in [0.1, 0.15) is 6.61 Å². The van der Waals surface area contributed by atoms with Gasteiger partial charge in [0.25, 0.3) is 0 Å². The summed E-state index contributed by atoms with van der Waals surface area (Å²) in [4.78, 5) is 12.2. The molecule has 0 atom stereocenters. The summed E-state index contributed by atoms with van der Waals surface area (Å²) < 4.78 is 5.54. The molecule has 0 unspecified atom stereocenters. The molecule has 0 spiro atoms. The van der Waals surface area contributed by atoms with Crippen LogP contribution in [0.25, 0.3) is 17.2 Å². The summed E-state index contributed by atoms with van der Waals surface area (Å²) in [5, 5.41) is 3.37. The predicted octanol–water partition coefficient (Wildman–Crippen LogP) is 6.17. The number of hydrogen-bond acceptors (Lipinski definition) is 3. The summed E-state index contributed by atoms with van der Waals surface area (Å²) in [7, 11) is 0. The number of halogens is 1. The van der Waals surface area contributed by atoms with E-state index in [1.807, 2.05) is 55.5 Å². The van der Waals surface area contributed by atoms with Crippen molar-refractivity contribution in [3.05, 3.63) is 94.0 Å². The Hall–Kier alpha value is -3.24. The van der Waals surface area contributed by atoms with E-state index in [-0.39, 0.29) is 5.92 Å². The molecule has 0 aliphatic heterocycles. The van der Waals surface area contributed by atoms with Gasteiger partial charge in [-0.15, -0.1) is 0 Å². The molecule has 0 saturated heterocycles. The van der Waals surface area contributed by atoms with E-state index in [9.17, 15) is 4.79 Å². The highest BCUT2D eigenvalue weighted by Gasteiger charge is 2.28. The number of amides is 1. The number of nitrogen functional groups attached to an aromatic ring is 1. The van der Waals surface area contributed by atoms with Crippen LogP contribution in [-0.2, 0) is 4.74 Å². The molecular weight excluding hydrogens is 408 g/mol. The minimum absolute atomic E-state index is 0.0663. The highest BCUT2D eigenvalue weighted by atomic mass is 35.5. The van der Waals surface area contributed by atoms with Gasteiger partial charge in [-0.3, -0.25) is 0 Å². The molecule has 3 aromatic rings. The van der Waals surface area contributed by atoms with Gasteiger partial charge in [-0.25, -0.2) is 4.79 Å². The molecule has 31 heavy (non-hydrogen) atoms. The number of benzene rings is 3. The van der Waals surface area contributed by atoms with Gasteiger partial charge >= 0.3 is 6.09 Å². The molecule has 0 bridgehead atoms. The number of nitrogens with one attached hydrogen (secondary N) is 1. The number of carbonyl (C=O) groups excluding carboxylic acids is 1. The Morgan fingerprint density at radius 3 is 2.39 bits per heavy atom. The van der Waals surface area contributed by atoms with E-state index in [0.29, 0.717) is 30.3 Å². The van der Waals surface area contributed by atoms with E-state index in [0.717, 1.165) is 11.1 Å². The first kappa shape index (κ1) is 21.0. The van der Waals surface area contributed by atoms with Crippen molar-refractivity contribution in [1.29, 1.82) is 0 Å². The second kappa shape index (κ2) is 9.27. The smallest absolute Gasteiger partial charge is 0.407 e. The molecule has 5 heteroatoms. The topological polar surface area (TPSA) is 64.3 Å². The largest absolute Gasteiger partial charge is 0.449 e. The van der Waals surface area contributed by atoms with Crippen molar-refractivity contribution in [2.75, 3.05) is 18.9 Å². The van der Waals surface area contributed by atoms with Gasteiger partial charge < -0.3 is 15.8 Å². The Bertz CT molecular complexity index is 1070. The van der Waals surface area contributed by atoms with Crippen molar-refractivity contribution in [2.45, 2.75) is 19.3 Å². The average molecular weight is 433 g/mol. The highest BCUT2D eigenvalue weighted by Crippen LogP contribution is 2.44. The summed E-state index contributed by atoms with van der Waals surface area (Å²) in [6.45, 7) is 2.74. The number of carbonyl (C=O) groups is 1. The zero-order valence-corrected chi connectivity index (χ0v) is 18.2. The lowest BCUT2D eigenvalue weighted by molar-refractivity contribution is 0.143. The third-order valence-corrected chi connectivity index (χ3v) is 5.91. The van der Waals surface area contributed by atoms with Gasteiger partial charge in [-0.1, -0.05) is 72.3 Å². The van der Waals surface area contributed by atoms with Crippen LogP contribution in [0.5, 0.6) is 0 Å². The minimum Gasteiger partial charge on any atom is -0.449 e.